The standard InChI is InChI=1S/C14H24N2/c1-4-14(2,3)13(10-15)16-11-12-8-6-5-7-9-12/h5-9,13,16H,4,10-11,15H2,1-3H3. The van der Waals surface area contributed by atoms with Gasteiger partial charge in [-0.1, -0.05) is 51.1 Å². The van der Waals surface area contributed by atoms with Crippen LogP contribution >= 0.6 is 0 Å². The monoisotopic (exact) mass is 220 g/mol. The number of nitrogens with one attached hydrogen (secondary N) is 1. The van der Waals surface area contributed by atoms with Crippen molar-refractivity contribution in [3.05, 3.63) is 35.9 Å². The van der Waals surface area contributed by atoms with Crippen molar-refractivity contribution in [2.45, 2.75) is 39.8 Å². The van der Waals surface area contributed by atoms with Gasteiger partial charge in [-0.3, -0.25) is 0 Å². The predicted octanol–water partition coefficient (Wildman–Crippen LogP) is 2.54. The summed E-state index contributed by atoms with van der Waals surface area (Å²) in [5.41, 5.74) is 7.40. The lowest BCUT2D eigenvalue weighted by Crippen LogP contribution is -2.46. The molecule has 0 saturated carbocycles. The van der Waals surface area contributed by atoms with E-state index < -0.39 is 0 Å². The summed E-state index contributed by atoms with van der Waals surface area (Å²) < 4.78 is 0. The van der Waals surface area contributed by atoms with Crippen molar-refractivity contribution in [1.82, 2.24) is 5.32 Å². The van der Waals surface area contributed by atoms with E-state index in [1.165, 1.54) is 5.56 Å². The Morgan fingerprint density at radius 3 is 2.38 bits per heavy atom. The van der Waals surface area contributed by atoms with E-state index in [-0.39, 0.29) is 5.41 Å². The highest BCUT2D eigenvalue weighted by molar-refractivity contribution is 5.14. The fourth-order valence-corrected chi connectivity index (χ4v) is 1.76. The summed E-state index contributed by atoms with van der Waals surface area (Å²) in [7, 11) is 0. The first kappa shape index (κ1) is 13.2. The van der Waals surface area contributed by atoms with Crippen molar-refractivity contribution in [3.8, 4) is 0 Å². The maximum absolute atomic E-state index is 5.84. The Hall–Kier alpha value is -0.860. The average Bonchev–Trinajstić information content (AvgIpc) is 2.31. The van der Waals surface area contributed by atoms with Crippen molar-refractivity contribution in [1.29, 1.82) is 0 Å². The first-order valence-corrected chi connectivity index (χ1v) is 6.07. The second-order valence-corrected chi connectivity index (χ2v) is 5.00. The van der Waals surface area contributed by atoms with E-state index >= 15 is 0 Å². The Labute approximate surface area is 99.2 Å². The third-order valence-electron chi connectivity index (χ3n) is 3.49. The number of hydrogen-bond acceptors (Lipinski definition) is 2. The second kappa shape index (κ2) is 6.02. The molecule has 1 unspecified atom stereocenters. The fraction of sp³-hybridized carbons (Fsp3) is 0.571. The van der Waals surface area contributed by atoms with E-state index in [9.17, 15) is 0 Å². The molecule has 1 aromatic rings. The third-order valence-corrected chi connectivity index (χ3v) is 3.49. The minimum absolute atomic E-state index is 0.254. The summed E-state index contributed by atoms with van der Waals surface area (Å²) in [6, 6.07) is 10.8. The highest BCUT2D eigenvalue weighted by Gasteiger charge is 2.25. The van der Waals surface area contributed by atoms with E-state index in [0.717, 1.165) is 13.0 Å². The van der Waals surface area contributed by atoms with Crippen LogP contribution in [0.4, 0.5) is 0 Å². The van der Waals surface area contributed by atoms with Crippen LogP contribution in [-0.2, 0) is 6.54 Å². The van der Waals surface area contributed by atoms with Crippen LogP contribution in [0.25, 0.3) is 0 Å². The largest absolute Gasteiger partial charge is 0.329 e. The van der Waals surface area contributed by atoms with Crippen molar-refractivity contribution in [2.75, 3.05) is 6.54 Å². The lowest BCUT2D eigenvalue weighted by molar-refractivity contribution is 0.235. The number of hydrogen-bond donors (Lipinski definition) is 2. The molecule has 0 spiro atoms. The van der Waals surface area contributed by atoms with Crippen LogP contribution in [0.3, 0.4) is 0 Å². The van der Waals surface area contributed by atoms with Crippen LogP contribution in [0, 0.1) is 5.41 Å². The molecule has 0 saturated heterocycles. The second-order valence-electron chi connectivity index (χ2n) is 5.00. The SMILES string of the molecule is CCC(C)(C)C(CN)NCc1ccccc1. The molecule has 0 fully saturated rings. The van der Waals surface area contributed by atoms with Crippen LogP contribution in [0.5, 0.6) is 0 Å². The van der Waals surface area contributed by atoms with Gasteiger partial charge in [-0.2, -0.15) is 0 Å². The summed E-state index contributed by atoms with van der Waals surface area (Å²) in [4.78, 5) is 0. The lowest BCUT2D eigenvalue weighted by atomic mass is 9.82. The van der Waals surface area contributed by atoms with E-state index in [2.05, 4.69) is 50.4 Å². The quantitative estimate of drug-likeness (QED) is 0.773. The van der Waals surface area contributed by atoms with Gasteiger partial charge in [0.25, 0.3) is 0 Å². The van der Waals surface area contributed by atoms with Gasteiger partial charge in [-0.05, 0) is 17.4 Å². The predicted molar refractivity (Wildman–Crippen MR) is 70.2 cm³/mol. The van der Waals surface area contributed by atoms with Crippen molar-refractivity contribution < 1.29 is 0 Å². The first-order valence-electron chi connectivity index (χ1n) is 6.07. The smallest absolute Gasteiger partial charge is 0.0244 e. The van der Waals surface area contributed by atoms with Gasteiger partial charge in [-0.25, -0.2) is 0 Å². The summed E-state index contributed by atoms with van der Waals surface area (Å²) >= 11 is 0. The lowest BCUT2D eigenvalue weighted by Gasteiger charge is -2.33. The molecule has 0 bridgehead atoms. The number of rotatable bonds is 6. The van der Waals surface area contributed by atoms with Gasteiger partial charge in [0.2, 0.25) is 0 Å². The van der Waals surface area contributed by atoms with Gasteiger partial charge in [0.15, 0.2) is 0 Å². The Kier molecular flexibility index (Phi) is 4.97. The molecular weight excluding hydrogens is 196 g/mol. The minimum atomic E-state index is 0.254. The van der Waals surface area contributed by atoms with E-state index in [1.807, 2.05) is 6.07 Å². The molecule has 0 amide bonds. The van der Waals surface area contributed by atoms with Crippen LogP contribution in [-0.4, -0.2) is 12.6 Å². The van der Waals surface area contributed by atoms with E-state index in [0.29, 0.717) is 12.6 Å². The maximum Gasteiger partial charge on any atom is 0.0244 e. The molecule has 2 nitrogen and oxygen atoms in total. The van der Waals surface area contributed by atoms with Crippen molar-refractivity contribution in [2.24, 2.45) is 11.1 Å². The first-order chi connectivity index (χ1) is 7.60. The van der Waals surface area contributed by atoms with Crippen LogP contribution in [0.1, 0.15) is 32.8 Å². The molecule has 0 radical (unpaired) electrons. The summed E-state index contributed by atoms with van der Waals surface area (Å²) in [6.07, 6.45) is 1.14. The van der Waals surface area contributed by atoms with E-state index in [1.54, 1.807) is 0 Å². The molecule has 1 atom stereocenters. The molecular formula is C14H24N2. The Balaban J connectivity index is 2.53. The molecule has 2 heteroatoms. The minimum Gasteiger partial charge on any atom is -0.329 e. The van der Waals surface area contributed by atoms with Gasteiger partial charge < -0.3 is 11.1 Å². The van der Waals surface area contributed by atoms with Gasteiger partial charge in [0, 0.05) is 19.1 Å². The van der Waals surface area contributed by atoms with Crippen LogP contribution in [0.2, 0.25) is 0 Å². The van der Waals surface area contributed by atoms with Crippen LogP contribution < -0.4 is 11.1 Å². The van der Waals surface area contributed by atoms with Crippen molar-refractivity contribution >= 4 is 0 Å². The molecule has 1 aromatic carbocycles. The normalized spacial score (nSPS) is 13.8. The molecule has 3 N–H and O–H groups in total. The molecule has 1 rings (SSSR count). The Morgan fingerprint density at radius 1 is 1.25 bits per heavy atom. The van der Waals surface area contributed by atoms with Gasteiger partial charge >= 0.3 is 0 Å². The topological polar surface area (TPSA) is 38.0 Å². The zero-order valence-electron chi connectivity index (χ0n) is 10.7. The van der Waals surface area contributed by atoms with Crippen molar-refractivity contribution in [3.63, 3.8) is 0 Å². The number of benzene rings is 1. The van der Waals surface area contributed by atoms with Gasteiger partial charge in [0.1, 0.15) is 0 Å². The van der Waals surface area contributed by atoms with Crippen LogP contribution in [0.15, 0.2) is 30.3 Å². The molecule has 90 valence electrons. The summed E-state index contributed by atoms with van der Waals surface area (Å²) in [5, 5.41) is 3.55. The molecule has 0 heterocycles. The van der Waals surface area contributed by atoms with Gasteiger partial charge in [-0.15, -0.1) is 0 Å². The summed E-state index contributed by atoms with van der Waals surface area (Å²) in [5.74, 6) is 0. The highest BCUT2D eigenvalue weighted by Crippen LogP contribution is 2.24. The average molecular weight is 220 g/mol. The molecule has 0 aliphatic carbocycles. The molecule has 0 aromatic heterocycles. The Morgan fingerprint density at radius 2 is 1.88 bits per heavy atom. The molecule has 16 heavy (non-hydrogen) atoms. The summed E-state index contributed by atoms with van der Waals surface area (Å²) in [6.45, 7) is 8.33. The molecule has 0 aliphatic rings. The number of nitrogens with two attached hydrogens (primary N) is 1. The third kappa shape index (κ3) is 3.62. The fourth-order valence-electron chi connectivity index (χ4n) is 1.76. The van der Waals surface area contributed by atoms with E-state index in [4.69, 9.17) is 5.73 Å². The zero-order valence-corrected chi connectivity index (χ0v) is 10.7. The Bertz CT molecular complexity index is 293. The zero-order chi connectivity index (χ0) is 12.0. The van der Waals surface area contributed by atoms with Gasteiger partial charge in [0.05, 0.1) is 0 Å². The highest BCUT2D eigenvalue weighted by atomic mass is 14.9. The molecule has 0 aliphatic heterocycles. The maximum atomic E-state index is 5.84.